The molecule has 142 valence electrons. The van der Waals surface area contributed by atoms with Crippen LogP contribution in [0.4, 0.5) is 5.13 Å². The molecule has 3 rings (SSSR count). The Kier molecular flexibility index (Phi) is 9.25. The topological polar surface area (TPSA) is 67.0 Å². The van der Waals surface area contributed by atoms with Gasteiger partial charge in [0.05, 0.1) is 19.3 Å². The van der Waals surface area contributed by atoms with Gasteiger partial charge in [0.25, 0.3) is 0 Å². The van der Waals surface area contributed by atoms with Crippen LogP contribution in [0.3, 0.4) is 0 Å². The van der Waals surface area contributed by atoms with Crippen LogP contribution in [0, 0.1) is 0 Å². The van der Waals surface area contributed by atoms with Crippen molar-refractivity contribution in [3.8, 4) is 0 Å². The molecule has 0 atom stereocenters. The van der Waals surface area contributed by atoms with Gasteiger partial charge in [-0.15, -0.1) is 35.3 Å². The molecule has 2 N–H and O–H groups in total. The number of rotatable bonds is 5. The van der Waals surface area contributed by atoms with E-state index in [1.807, 2.05) is 11.6 Å². The number of nitrogens with two attached hydrogens (primary N) is 1. The summed E-state index contributed by atoms with van der Waals surface area (Å²) in [7, 11) is 0. The molecule has 2 aliphatic rings. The van der Waals surface area contributed by atoms with E-state index in [1.165, 1.54) is 38.5 Å². The number of ether oxygens (including phenoxy) is 1. The molecule has 8 heteroatoms. The number of hydrogen-bond acceptors (Lipinski definition) is 5. The maximum atomic E-state index is 6.15. The maximum Gasteiger partial charge on any atom is 0.191 e. The number of hydrogen-bond donors (Lipinski definition) is 1. The van der Waals surface area contributed by atoms with Crippen LogP contribution in [0.5, 0.6) is 0 Å². The van der Waals surface area contributed by atoms with E-state index in [1.54, 1.807) is 11.3 Å². The number of halogens is 1. The highest BCUT2D eigenvalue weighted by atomic mass is 127. The molecule has 1 aromatic heterocycles. The van der Waals surface area contributed by atoms with Gasteiger partial charge in [-0.2, -0.15) is 0 Å². The molecule has 1 saturated carbocycles. The van der Waals surface area contributed by atoms with Crippen LogP contribution in [0.1, 0.15) is 38.5 Å². The number of piperazine rings is 1. The summed E-state index contributed by atoms with van der Waals surface area (Å²) in [6.45, 7) is 5.04. The lowest BCUT2D eigenvalue weighted by atomic mass is 10.1. The zero-order valence-corrected chi connectivity index (χ0v) is 18.0. The summed E-state index contributed by atoms with van der Waals surface area (Å²) in [5, 5.41) is 3.12. The third-order valence-electron chi connectivity index (χ3n) is 4.81. The molecule has 0 amide bonds. The summed E-state index contributed by atoms with van der Waals surface area (Å²) in [5.74, 6) is 0.651. The normalized spacial score (nSPS) is 20.2. The number of aromatic nitrogens is 1. The predicted octanol–water partition coefficient (Wildman–Crippen LogP) is 2.94. The Balaban J connectivity index is 0.00000225. The Morgan fingerprint density at radius 3 is 2.56 bits per heavy atom. The third-order valence-corrected chi connectivity index (χ3v) is 5.65. The van der Waals surface area contributed by atoms with Gasteiger partial charge < -0.3 is 20.3 Å². The van der Waals surface area contributed by atoms with Gasteiger partial charge in [-0.1, -0.05) is 25.7 Å². The molecule has 0 radical (unpaired) electrons. The van der Waals surface area contributed by atoms with Gasteiger partial charge >= 0.3 is 0 Å². The molecule has 1 saturated heterocycles. The van der Waals surface area contributed by atoms with Crippen molar-refractivity contribution < 1.29 is 4.74 Å². The fraction of sp³-hybridized carbons (Fsp3) is 0.765. The Hall–Kier alpha value is -0.610. The number of thiazole rings is 1. The van der Waals surface area contributed by atoms with Crippen LogP contribution in [-0.4, -0.2) is 61.3 Å². The maximum absolute atomic E-state index is 6.15. The molecule has 2 heterocycles. The van der Waals surface area contributed by atoms with Crippen LogP contribution in [0.25, 0.3) is 0 Å². The van der Waals surface area contributed by atoms with E-state index < -0.39 is 0 Å². The van der Waals surface area contributed by atoms with Gasteiger partial charge in [0, 0.05) is 37.8 Å². The minimum Gasteiger partial charge on any atom is -0.376 e. The van der Waals surface area contributed by atoms with Crippen molar-refractivity contribution in [1.82, 2.24) is 9.88 Å². The van der Waals surface area contributed by atoms with Crippen molar-refractivity contribution >= 4 is 46.4 Å². The lowest BCUT2D eigenvalue weighted by Gasteiger charge is -2.35. The van der Waals surface area contributed by atoms with Gasteiger partial charge in [-0.25, -0.2) is 4.98 Å². The Labute approximate surface area is 171 Å². The first-order valence-electron chi connectivity index (χ1n) is 9.14. The molecule has 0 spiro atoms. The first-order valence-corrected chi connectivity index (χ1v) is 10.0. The molecular formula is C17H30IN5OS. The number of guanidine groups is 1. The van der Waals surface area contributed by atoms with E-state index in [-0.39, 0.29) is 24.0 Å². The van der Waals surface area contributed by atoms with Gasteiger partial charge in [-0.05, 0) is 12.8 Å². The largest absolute Gasteiger partial charge is 0.376 e. The monoisotopic (exact) mass is 479 g/mol. The highest BCUT2D eigenvalue weighted by Gasteiger charge is 2.19. The number of nitrogens with zero attached hydrogens (tertiary/aromatic N) is 4. The van der Waals surface area contributed by atoms with E-state index >= 15 is 0 Å². The number of aliphatic imine (C=N–C) groups is 1. The summed E-state index contributed by atoms with van der Waals surface area (Å²) in [5.41, 5.74) is 6.15. The second-order valence-electron chi connectivity index (χ2n) is 6.51. The van der Waals surface area contributed by atoms with Gasteiger partial charge in [-0.3, -0.25) is 4.99 Å². The van der Waals surface area contributed by atoms with Crippen molar-refractivity contribution in [2.75, 3.05) is 44.2 Å². The number of anilines is 1. The van der Waals surface area contributed by atoms with Crippen LogP contribution in [0.2, 0.25) is 0 Å². The smallest absolute Gasteiger partial charge is 0.191 e. The van der Waals surface area contributed by atoms with E-state index in [0.29, 0.717) is 25.2 Å². The van der Waals surface area contributed by atoms with Gasteiger partial charge in [0.2, 0.25) is 0 Å². The molecule has 6 nitrogen and oxygen atoms in total. The van der Waals surface area contributed by atoms with Crippen LogP contribution in [-0.2, 0) is 4.74 Å². The van der Waals surface area contributed by atoms with E-state index in [0.717, 1.165) is 31.3 Å². The standard InChI is InChI=1S/C17H29N5OS.HI/c18-16(19-7-13-23-15-5-3-1-2-4-6-15)21-9-11-22(12-10-21)17-20-8-14-24-17;/h8,14-15H,1-7,9-13H2,(H2,18,19);1H. The minimum absolute atomic E-state index is 0. The van der Waals surface area contributed by atoms with Crippen molar-refractivity contribution in [1.29, 1.82) is 0 Å². The predicted molar refractivity (Wildman–Crippen MR) is 115 cm³/mol. The van der Waals surface area contributed by atoms with Crippen LogP contribution in [0.15, 0.2) is 16.6 Å². The molecule has 0 unspecified atom stereocenters. The van der Waals surface area contributed by atoms with E-state index in [4.69, 9.17) is 10.5 Å². The van der Waals surface area contributed by atoms with Crippen molar-refractivity contribution in [2.45, 2.75) is 44.6 Å². The van der Waals surface area contributed by atoms with Crippen molar-refractivity contribution in [3.63, 3.8) is 0 Å². The van der Waals surface area contributed by atoms with Gasteiger partial charge in [0.1, 0.15) is 0 Å². The Bertz CT molecular complexity index is 497. The van der Waals surface area contributed by atoms with Crippen LogP contribution < -0.4 is 10.6 Å². The first kappa shape index (κ1) is 20.7. The third kappa shape index (κ3) is 6.56. The molecule has 25 heavy (non-hydrogen) atoms. The molecule has 0 bridgehead atoms. The second kappa shape index (κ2) is 11.2. The summed E-state index contributed by atoms with van der Waals surface area (Å²) >= 11 is 1.69. The first-order chi connectivity index (χ1) is 11.8. The quantitative estimate of drug-likeness (QED) is 0.231. The lowest BCUT2D eigenvalue weighted by molar-refractivity contribution is 0.0486. The second-order valence-corrected chi connectivity index (χ2v) is 7.39. The summed E-state index contributed by atoms with van der Waals surface area (Å²) in [6, 6.07) is 0. The molecular weight excluding hydrogens is 449 g/mol. The average Bonchev–Trinajstić information content (AvgIpc) is 3.03. The Morgan fingerprint density at radius 1 is 1.20 bits per heavy atom. The minimum atomic E-state index is 0. The fourth-order valence-corrected chi connectivity index (χ4v) is 4.08. The highest BCUT2D eigenvalue weighted by Crippen LogP contribution is 2.20. The fourth-order valence-electron chi connectivity index (χ4n) is 3.39. The molecule has 1 aromatic rings. The molecule has 1 aliphatic carbocycles. The zero-order chi connectivity index (χ0) is 16.6. The Morgan fingerprint density at radius 2 is 1.92 bits per heavy atom. The average molecular weight is 479 g/mol. The zero-order valence-electron chi connectivity index (χ0n) is 14.8. The lowest BCUT2D eigenvalue weighted by Crippen LogP contribution is -2.51. The van der Waals surface area contributed by atoms with E-state index in [9.17, 15) is 0 Å². The van der Waals surface area contributed by atoms with Crippen molar-refractivity contribution in [3.05, 3.63) is 11.6 Å². The SMILES string of the molecule is I.NC(=NCCOC1CCCCCC1)N1CCN(c2nccs2)CC1. The molecule has 1 aliphatic heterocycles. The molecule has 2 fully saturated rings. The molecule has 0 aromatic carbocycles. The van der Waals surface area contributed by atoms with Crippen molar-refractivity contribution in [2.24, 2.45) is 10.7 Å². The highest BCUT2D eigenvalue weighted by molar-refractivity contribution is 14.0. The van der Waals surface area contributed by atoms with Gasteiger partial charge in [0.15, 0.2) is 11.1 Å². The van der Waals surface area contributed by atoms with E-state index in [2.05, 4.69) is 19.8 Å². The summed E-state index contributed by atoms with van der Waals surface area (Å²) in [4.78, 5) is 13.3. The van der Waals surface area contributed by atoms with Crippen LogP contribution >= 0.6 is 35.3 Å². The summed E-state index contributed by atoms with van der Waals surface area (Å²) in [6.07, 6.45) is 10.0. The summed E-state index contributed by atoms with van der Waals surface area (Å²) < 4.78 is 5.97.